The summed E-state index contributed by atoms with van der Waals surface area (Å²) in [6.07, 6.45) is 1.47. The van der Waals surface area contributed by atoms with Crippen molar-refractivity contribution >= 4 is 5.84 Å². The van der Waals surface area contributed by atoms with Crippen molar-refractivity contribution in [1.82, 2.24) is 4.98 Å². The smallest absolute Gasteiger partial charge is 0.213 e. The van der Waals surface area contributed by atoms with E-state index in [9.17, 15) is 0 Å². The van der Waals surface area contributed by atoms with E-state index >= 15 is 0 Å². The van der Waals surface area contributed by atoms with Gasteiger partial charge in [0, 0.05) is 17.8 Å². The molecule has 0 aromatic carbocycles. The Morgan fingerprint density at radius 3 is 3.07 bits per heavy atom. The Morgan fingerprint density at radius 1 is 1.64 bits per heavy atom. The summed E-state index contributed by atoms with van der Waals surface area (Å²) in [5, 5.41) is 19.8. The second kappa shape index (κ2) is 5.03. The fourth-order valence-corrected chi connectivity index (χ4v) is 0.856. The van der Waals surface area contributed by atoms with Crippen molar-refractivity contribution in [2.45, 2.75) is 0 Å². The summed E-state index contributed by atoms with van der Waals surface area (Å²) in [5.41, 5.74) is 5.87. The molecule has 1 aromatic heterocycles. The van der Waals surface area contributed by atoms with Gasteiger partial charge in [-0.15, -0.1) is 0 Å². The molecule has 0 saturated heterocycles. The lowest BCUT2D eigenvalue weighted by Gasteiger charge is -2.04. The summed E-state index contributed by atoms with van der Waals surface area (Å²) >= 11 is 0. The molecule has 0 atom stereocenters. The molecule has 0 amide bonds. The molecule has 14 heavy (non-hydrogen) atoms. The Hall–Kier alpha value is -1.82. The number of nitrogens with zero attached hydrogens (tertiary/aromatic N) is 2. The van der Waals surface area contributed by atoms with E-state index in [1.165, 1.54) is 12.3 Å². The Morgan fingerprint density at radius 2 is 2.43 bits per heavy atom. The highest BCUT2D eigenvalue weighted by atomic mass is 16.5. The number of ether oxygens (including phenoxy) is 1. The lowest BCUT2D eigenvalue weighted by molar-refractivity contribution is 0.196. The van der Waals surface area contributed by atoms with E-state index in [1.54, 1.807) is 6.07 Å². The zero-order chi connectivity index (χ0) is 10.4. The van der Waals surface area contributed by atoms with Gasteiger partial charge in [0.25, 0.3) is 0 Å². The zero-order valence-electron chi connectivity index (χ0n) is 7.42. The van der Waals surface area contributed by atoms with Crippen LogP contribution in [0.2, 0.25) is 0 Å². The lowest BCUT2D eigenvalue weighted by atomic mass is 10.2. The van der Waals surface area contributed by atoms with Gasteiger partial charge in [-0.25, -0.2) is 4.98 Å². The topological polar surface area (TPSA) is 101 Å². The molecule has 0 aliphatic heterocycles. The van der Waals surface area contributed by atoms with Gasteiger partial charge in [-0.1, -0.05) is 5.16 Å². The first-order valence-electron chi connectivity index (χ1n) is 3.95. The predicted molar refractivity (Wildman–Crippen MR) is 49.3 cm³/mol. The van der Waals surface area contributed by atoms with Gasteiger partial charge in [0.1, 0.15) is 6.61 Å². The van der Waals surface area contributed by atoms with Gasteiger partial charge in [0.15, 0.2) is 5.84 Å². The quantitative estimate of drug-likeness (QED) is 0.262. The van der Waals surface area contributed by atoms with Crippen LogP contribution in [0.25, 0.3) is 0 Å². The van der Waals surface area contributed by atoms with Gasteiger partial charge in [-0.3, -0.25) is 0 Å². The van der Waals surface area contributed by atoms with E-state index in [-0.39, 0.29) is 19.0 Å². The number of aliphatic hydroxyl groups excluding tert-OH is 1. The summed E-state index contributed by atoms with van der Waals surface area (Å²) in [6, 6.07) is 3.10. The van der Waals surface area contributed by atoms with Crippen LogP contribution in [0.15, 0.2) is 23.5 Å². The van der Waals surface area contributed by atoms with Gasteiger partial charge >= 0.3 is 0 Å². The molecule has 0 aliphatic carbocycles. The number of aliphatic hydroxyl groups is 1. The van der Waals surface area contributed by atoms with E-state index in [0.29, 0.717) is 11.4 Å². The van der Waals surface area contributed by atoms with Crippen molar-refractivity contribution in [2.75, 3.05) is 13.2 Å². The van der Waals surface area contributed by atoms with E-state index in [4.69, 9.17) is 20.8 Å². The average Bonchev–Trinajstić information content (AvgIpc) is 2.25. The molecule has 4 N–H and O–H groups in total. The van der Waals surface area contributed by atoms with Crippen molar-refractivity contribution < 1.29 is 15.1 Å². The molecule has 1 rings (SSSR count). The Balaban J connectivity index is 2.79. The molecule has 6 heteroatoms. The van der Waals surface area contributed by atoms with Crippen LogP contribution in [-0.4, -0.2) is 34.3 Å². The van der Waals surface area contributed by atoms with Gasteiger partial charge < -0.3 is 20.8 Å². The minimum absolute atomic E-state index is 0.0127. The summed E-state index contributed by atoms with van der Waals surface area (Å²) in [5.74, 6) is 0.310. The molecule has 0 saturated carbocycles. The second-order valence-electron chi connectivity index (χ2n) is 2.44. The number of hydrogen-bond donors (Lipinski definition) is 3. The molecule has 1 aromatic rings. The third kappa shape index (κ3) is 2.60. The van der Waals surface area contributed by atoms with E-state index < -0.39 is 0 Å². The third-order valence-electron chi connectivity index (χ3n) is 1.48. The monoisotopic (exact) mass is 197 g/mol. The maximum Gasteiger partial charge on any atom is 0.213 e. The van der Waals surface area contributed by atoms with Crippen LogP contribution < -0.4 is 10.5 Å². The molecule has 76 valence electrons. The first-order chi connectivity index (χ1) is 6.77. The Labute approximate surface area is 80.6 Å². The van der Waals surface area contributed by atoms with Crippen LogP contribution in [0, 0.1) is 0 Å². The molecule has 0 fully saturated rings. The van der Waals surface area contributed by atoms with E-state index in [2.05, 4.69) is 10.1 Å². The van der Waals surface area contributed by atoms with Crippen molar-refractivity contribution in [2.24, 2.45) is 10.9 Å². The maximum atomic E-state index is 8.51. The van der Waals surface area contributed by atoms with Crippen LogP contribution in [0.1, 0.15) is 5.56 Å². The summed E-state index contributed by atoms with van der Waals surface area (Å²) in [6.45, 7) is 0.0715. The van der Waals surface area contributed by atoms with Crippen LogP contribution in [0.5, 0.6) is 5.88 Å². The van der Waals surface area contributed by atoms with Gasteiger partial charge in [0.05, 0.1) is 6.61 Å². The number of hydrogen-bond acceptors (Lipinski definition) is 5. The Kier molecular flexibility index (Phi) is 3.69. The molecule has 0 radical (unpaired) electrons. The molecule has 0 aliphatic rings. The number of oxime groups is 1. The minimum Gasteiger partial charge on any atom is -0.475 e. The highest BCUT2D eigenvalue weighted by Crippen LogP contribution is 2.08. The molecule has 0 unspecified atom stereocenters. The molecule has 0 spiro atoms. The summed E-state index contributed by atoms with van der Waals surface area (Å²) < 4.78 is 5.04. The fraction of sp³-hybridized carbons (Fsp3) is 0.250. The number of nitrogens with two attached hydrogens (primary N) is 1. The molecule has 6 nitrogen and oxygen atoms in total. The number of pyridine rings is 1. The fourth-order valence-electron chi connectivity index (χ4n) is 0.856. The highest BCUT2D eigenvalue weighted by molar-refractivity contribution is 5.97. The van der Waals surface area contributed by atoms with E-state index in [0.717, 1.165) is 0 Å². The van der Waals surface area contributed by atoms with E-state index in [1.807, 2.05) is 0 Å². The molecular formula is C8H11N3O3. The first-order valence-corrected chi connectivity index (χ1v) is 3.95. The average molecular weight is 197 g/mol. The highest BCUT2D eigenvalue weighted by Gasteiger charge is 2.01. The van der Waals surface area contributed by atoms with Crippen molar-refractivity contribution in [3.8, 4) is 5.88 Å². The van der Waals surface area contributed by atoms with Gasteiger partial charge in [0.2, 0.25) is 5.88 Å². The van der Waals surface area contributed by atoms with Crippen molar-refractivity contribution in [1.29, 1.82) is 0 Å². The number of rotatable bonds is 4. The SMILES string of the molecule is N/C(=N\O)c1ccnc(OCCO)c1. The van der Waals surface area contributed by atoms with Crippen molar-refractivity contribution in [3.63, 3.8) is 0 Å². The maximum absolute atomic E-state index is 8.51. The lowest BCUT2D eigenvalue weighted by Crippen LogP contribution is -2.13. The Bertz CT molecular complexity index is 327. The minimum atomic E-state index is -0.0878. The van der Waals surface area contributed by atoms with Crippen LogP contribution in [0.4, 0.5) is 0 Å². The second-order valence-corrected chi connectivity index (χ2v) is 2.44. The van der Waals surface area contributed by atoms with Gasteiger partial charge in [-0.2, -0.15) is 0 Å². The summed E-state index contributed by atoms with van der Waals surface area (Å²) in [7, 11) is 0. The van der Waals surface area contributed by atoms with Crippen LogP contribution in [-0.2, 0) is 0 Å². The standard InChI is InChI=1S/C8H11N3O3/c9-8(11-13)6-1-2-10-7(5-6)14-4-3-12/h1-2,5,12-13H,3-4H2,(H2,9,11). The number of aromatic nitrogens is 1. The summed E-state index contributed by atoms with van der Waals surface area (Å²) in [4.78, 5) is 3.87. The van der Waals surface area contributed by atoms with Gasteiger partial charge in [-0.05, 0) is 6.07 Å². The zero-order valence-corrected chi connectivity index (χ0v) is 7.42. The molecule has 1 heterocycles. The van der Waals surface area contributed by atoms with Crippen molar-refractivity contribution in [3.05, 3.63) is 23.9 Å². The van der Waals surface area contributed by atoms with Crippen LogP contribution >= 0.6 is 0 Å². The molecule has 0 bridgehead atoms. The third-order valence-corrected chi connectivity index (χ3v) is 1.48. The molecular weight excluding hydrogens is 186 g/mol. The largest absolute Gasteiger partial charge is 0.475 e. The van der Waals surface area contributed by atoms with Crippen LogP contribution in [0.3, 0.4) is 0 Å². The normalized spacial score (nSPS) is 11.4. The predicted octanol–water partition coefficient (Wildman–Crippen LogP) is -0.453. The first kappa shape index (κ1) is 10.3. The number of amidine groups is 1.